The number of hydrogen-bond donors (Lipinski definition) is 0. The molecule has 1 aliphatic rings. The van der Waals surface area contributed by atoms with E-state index in [4.69, 9.17) is 9.16 Å². The van der Waals surface area contributed by atoms with Crippen molar-refractivity contribution in [1.82, 2.24) is 9.78 Å². The minimum absolute atomic E-state index is 0.0915. The van der Waals surface area contributed by atoms with Gasteiger partial charge in [-0.25, -0.2) is 13.5 Å². The van der Waals surface area contributed by atoms with Gasteiger partial charge in [-0.3, -0.25) is 0 Å². The monoisotopic (exact) mass is 514 g/mol. The van der Waals surface area contributed by atoms with E-state index in [9.17, 15) is 8.78 Å². The zero-order valence-electron chi connectivity index (χ0n) is 19.1. The highest BCUT2D eigenvalue weighted by molar-refractivity contribution is 9.10. The van der Waals surface area contributed by atoms with Gasteiger partial charge in [0.1, 0.15) is 16.2 Å². The lowest BCUT2D eigenvalue weighted by molar-refractivity contribution is -0.0417. The van der Waals surface area contributed by atoms with Crippen molar-refractivity contribution in [1.29, 1.82) is 0 Å². The van der Waals surface area contributed by atoms with Gasteiger partial charge < -0.3 is 9.16 Å². The van der Waals surface area contributed by atoms with Crippen molar-refractivity contribution in [3.05, 3.63) is 51.8 Å². The molecule has 3 rings (SSSR count). The van der Waals surface area contributed by atoms with Crippen molar-refractivity contribution < 1.29 is 17.9 Å². The van der Waals surface area contributed by atoms with Gasteiger partial charge in [0.2, 0.25) is 0 Å². The summed E-state index contributed by atoms with van der Waals surface area (Å²) in [4.78, 5) is 0. The van der Waals surface area contributed by atoms with Gasteiger partial charge in [0, 0.05) is 25.2 Å². The molecule has 1 aliphatic heterocycles. The summed E-state index contributed by atoms with van der Waals surface area (Å²) < 4.78 is 43.1. The Hall–Kier alpha value is -1.09. The molecule has 2 aromatic rings. The van der Waals surface area contributed by atoms with Crippen LogP contribution in [0, 0.1) is 11.6 Å². The standard InChI is InChI=1S/C23H33BrF2N2O2Si/c1-23(2,3)31(4,5)30-11-9-19(16-12-17(25)14-18(26)13-16)20-15-21(24)27-28(20)22-8-6-7-10-29-22/h12-15,19,22H,6-11H2,1-5H3. The molecule has 0 spiro atoms. The van der Waals surface area contributed by atoms with Crippen LogP contribution in [0.2, 0.25) is 18.1 Å². The van der Waals surface area contributed by atoms with Gasteiger partial charge in [-0.15, -0.1) is 0 Å². The minimum atomic E-state index is -1.94. The first-order valence-electron chi connectivity index (χ1n) is 10.9. The largest absolute Gasteiger partial charge is 0.417 e. The average molecular weight is 516 g/mol. The highest BCUT2D eigenvalue weighted by Crippen LogP contribution is 2.38. The van der Waals surface area contributed by atoms with Crippen LogP contribution in [0.25, 0.3) is 0 Å². The molecule has 1 aromatic heterocycles. The molecule has 2 atom stereocenters. The van der Waals surface area contributed by atoms with Crippen molar-refractivity contribution >= 4 is 24.2 Å². The summed E-state index contributed by atoms with van der Waals surface area (Å²) in [7, 11) is -1.94. The number of nitrogens with zero attached hydrogens (tertiary/aromatic N) is 2. The van der Waals surface area contributed by atoms with Crippen molar-refractivity contribution in [3.8, 4) is 0 Å². The summed E-state index contributed by atoms with van der Waals surface area (Å²) in [5, 5.41) is 4.70. The molecule has 172 valence electrons. The maximum atomic E-state index is 14.1. The third-order valence-corrected chi connectivity index (χ3v) is 11.4. The molecule has 1 aromatic carbocycles. The Morgan fingerprint density at radius 3 is 2.45 bits per heavy atom. The van der Waals surface area contributed by atoms with E-state index >= 15 is 0 Å². The van der Waals surface area contributed by atoms with Crippen molar-refractivity contribution in [3.63, 3.8) is 0 Å². The molecule has 0 saturated carbocycles. The lowest BCUT2D eigenvalue weighted by atomic mass is 9.92. The molecule has 0 N–H and O–H groups in total. The Labute approximate surface area is 193 Å². The first-order chi connectivity index (χ1) is 14.5. The third-order valence-electron chi connectivity index (χ3n) is 6.48. The Kier molecular flexibility index (Phi) is 7.77. The minimum Gasteiger partial charge on any atom is -0.417 e. The van der Waals surface area contributed by atoms with E-state index in [-0.39, 0.29) is 17.2 Å². The van der Waals surface area contributed by atoms with Gasteiger partial charge in [0.25, 0.3) is 0 Å². The molecule has 0 amide bonds. The second-order valence-electron chi connectivity index (χ2n) is 9.81. The molecular formula is C23H33BrF2N2O2Si. The van der Waals surface area contributed by atoms with Crippen LogP contribution in [-0.4, -0.2) is 31.3 Å². The Bertz CT molecular complexity index is 872. The number of benzene rings is 1. The number of aromatic nitrogens is 2. The predicted molar refractivity (Wildman–Crippen MR) is 125 cm³/mol. The van der Waals surface area contributed by atoms with Crippen LogP contribution in [0.3, 0.4) is 0 Å². The molecule has 31 heavy (non-hydrogen) atoms. The molecule has 0 radical (unpaired) electrons. The third kappa shape index (κ3) is 6.03. The zero-order valence-corrected chi connectivity index (χ0v) is 21.6. The Morgan fingerprint density at radius 2 is 1.87 bits per heavy atom. The summed E-state index contributed by atoms with van der Waals surface area (Å²) in [6.45, 7) is 12.2. The van der Waals surface area contributed by atoms with Gasteiger partial charge in [-0.1, -0.05) is 20.8 Å². The molecule has 2 heterocycles. The molecule has 0 bridgehead atoms. The topological polar surface area (TPSA) is 36.3 Å². The number of halogens is 3. The van der Waals surface area contributed by atoms with Crippen LogP contribution in [0.1, 0.15) is 69.9 Å². The first kappa shape index (κ1) is 24.5. The summed E-state index contributed by atoms with van der Waals surface area (Å²) in [6, 6.07) is 5.65. The summed E-state index contributed by atoms with van der Waals surface area (Å²) in [5.74, 6) is -1.42. The smallest absolute Gasteiger partial charge is 0.191 e. The quantitative estimate of drug-likeness (QED) is 0.367. The van der Waals surface area contributed by atoms with Crippen LogP contribution >= 0.6 is 15.9 Å². The first-order valence-corrected chi connectivity index (χ1v) is 14.6. The molecule has 1 saturated heterocycles. The number of rotatable bonds is 7. The lowest BCUT2D eigenvalue weighted by Gasteiger charge is -2.36. The fourth-order valence-electron chi connectivity index (χ4n) is 3.70. The van der Waals surface area contributed by atoms with E-state index in [1.54, 1.807) is 0 Å². The van der Waals surface area contributed by atoms with Crippen LogP contribution in [0.5, 0.6) is 0 Å². The number of hydrogen-bond acceptors (Lipinski definition) is 3. The fourth-order valence-corrected chi connectivity index (χ4v) is 5.16. The van der Waals surface area contributed by atoms with Crippen LogP contribution in [-0.2, 0) is 9.16 Å². The number of ether oxygens (including phenoxy) is 1. The second-order valence-corrected chi connectivity index (χ2v) is 15.4. The highest BCUT2D eigenvalue weighted by Gasteiger charge is 2.37. The van der Waals surface area contributed by atoms with E-state index in [0.29, 0.717) is 29.8 Å². The Morgan fingerprint density at radius 1 is 1.19 bits per heavy atom. The van der Waals surface area contributed by atoms with E-state index < -0.39 is 20.0 Å². The molecular weight excluding hydrogens is 482 g/mol. The SMILES string of the molecule is CC(C)(C)[Si](C)(C)OCCC(c1cc(F)cc(F)c1)c1cc(Br)nn1C1CCCCO1. The summed E-state index contributed by atoms with van der Waals surface area (Å²) >= 11 is 3.49. The van der Waals surface area contributed by atoms with Gasteiger partial charge in [-0.05, 0) is 83.5 Å². The van der Waals surface area contributed by atoms with Gasteiger partial charge >= 0.3 is 0 Å². The molecule has 0 aliphatic carbocycles. The van der Waals surface area contributed by atoms with E-state index in [0.717, 1.165) is 31.0 Å². The van der Waals surface area contributed by atoms with Gasteiger partial charge in [0.15, 0.2) is 14.5 Å². The highest BCUT2D eigenvalue weighted by atomic mass is 79.9. The Balaban J connectivity index is 1.93. The second kappa shape index (κ2) is 9.81. The van der Waals surface area contributed by atoms with Crippen LogP contribution < -0.4 is 0 Å². The normalized spacial score (nSPS) is 18.9. The lowest BCUT2D eigenvalue weighted by Crippen LogP contribution is -2.41. The van der Waals surface area contributed by atoms with E-state index in [1.807, 2.05) is 10.7 Å². The molecule has 2 unspecified atom stereocenters. The molecule has 1 fully saturated rings. The van der Waals surface area contributed by atoms with Crippen molar-refractivity contribution in [2.45, 2.75) is 76.7 Å². The van der Waals surface area contributed by atoms with E-state index in [1.165, 1.54) is 12.1 Å². The van der Waals surface area contributed by atoms with Crippen molar-refractivity contribution in [2.75, 3.05) is 13.2 Å². The summed E-state index contributed by atoms with van der Waals surface area (Å²) in [5.41, 5.74) is 1.46. The molecule has 4 nitrogen and oxygen atoms in total. The predicted octanol–water partition coefficient (Wildman–Crippen LogP) is 7.17. The summed E-state index contributed by atoms with van der Waals surface area (Å²) in [6.07, 6.45) is 3.39. The van der Waals surface area contributed by atoms with Crippen molar-refractivity contribution in [2.24, 2.45) is 0 Å². The van der Waals surface area contributed by atoms with Gasteiger partial charge in [-0.2, -0.15) is 5.10 Å². The zero-order chi connectivity index (χ0) is 22.8. The van der Waals surface area contributed by atoms with Crippen LogP contribution in [0.15, 0.2) is 28.9 Å². The van der Waals surface area contributed by atoms with Gasteiger partial charge in [0.05, 0.1) is 5.69 Å². The fraction of sp³-hybridized carbons (Fsp3) is 0.609. The maximum Gasteiger partial charge on any atom is 0.191 e. The average Bonchev–Trinajstić information content (AvgIpc) is 3.05. The maximum absolute atomic E-state index is 14.1. The van der Waals surface area contributed by atoms with Crippen LogP contribution in [0.4, 0.5) is 8.78 Å². The van der Waals surface area contributed by atoms with E-state index in [2.05, 4.69) is 54.9 Å². The molecule has 8 heteroatoms.